The quantitative estimate of drug-likeness (QED) is 0.429. The fraction of sp³-hybridized carbons (Fsp3) is 0.136. The van der Waals surface area contributed by atoms with E-state index in [2.05, 4.69) is 0 Å². The molecule has 0 spiro atoms. The molecule has 0 saturated carbocycles. The van der Waals surface area contributed by atoms with Crippen molar-refractivity contribution in [2.45, 2.75) is 18.1 Å². The topological polar surface area (TPSA) is 99.1 Å². The van der Waals surface area contributed by atoms with Gasteiger partial charge in [0.25, 0.3) is 10.1 Å². The summed E-state index contributed by atoms with van der Waals surface area (Å²) in [6, 6.07) is 20.5. The fourth-order valence-electron chi connectivity index (χ4n) is 2.71. The molecule has 3 aromatic carbocycles. The van der Waals surface area contributed by atoms with Crippen LogP contribution in [0.3, 0.4) is 0 Å². The van der Waals surface area contributed by atoms with E-state index in [1.807, 2.05) is 60.7 Å². The van der Waals surface area contributed by atoms with Crippen molar-refractivity contribution in [2.24, 2.45) is 0 Å². The van der Waals surface area contributed by atoms with Crippen LogP contribution in [0, 0.1) is 0 Å². The van der Waals surface area contributed by atoms with Gasteiger partial charge in [0.1, 0.15) is 18.8 Å². The van der Waals surface area contributed by atoms with Gasteiger partial charge in [0.05, 0.1) is 12.0 Å². The SMILES string of the molecule is COC(=O)c1cc(S(=O)(=O)O)cc(OCc2ccccc2)c1OCc1ccccc1. The molecule has 156 valence electrons. The van der Waals surface area contributed by atoms with Crippen LogP contribution >= 0.6 is 0 Å². The molecule has 7 nitrogen and oxygen atoms in total. The van der Waals surface area contributed by atoms with E-state index < -0.39 is 21.0 Å². The molecule has 0 aromatic heterocycles. The molecule has 0 aliphatic heterocycles. The van der Waals surface area contributed by atoms with Crippen molar-refractivity contribution in [1.82, 2.24) is 0 Å². The Labute approximate surface area is 174 Å². The van der Waals surface area contributed by atoms with Gasteiger partial charge in [-0.1, -0.05) is 60.7 Å². The van der Waals surface area contributed by atoms with E-state index in [1.54, 1.807) is 0 Å². The second kappa shape index (κ2) is 9.43. The molecular formula is C22H20O7S. The highest BCUT2D eigenvalue weighted by Gasteiger charge is 2.24. The fourth-order valence-corrected chi connectivity index (χ4v) is 3.23. The van der Waals surface area contributed by atoms with E-state index in [1.165, 1.54) is 0 Å². The highest BCUT2D eigenvalue weighted by Crippen LogP contribution is 2.36. The van der Waals surface area contributed by atoms with Gasteiger partial charge in [-0.2, -0.15) is 8.42 Å². The van der Waals surface area contributed by atoms with Crippen molar-refractivity contribution in [3.8, 4) is 11.5 Å². The summed E-state index contributed by atoms with van der Waals surface area (Å²) in [7, 11) is -3.44. The van der Waals surface area contributed by atoms with E-state index in [9.17, 15) is 17.8 Å². The lowest BCUT2D eigenvalue weighted by Crippen LogP contribution is -2.11. The van der Waals surface area contributed by atoms with E-state index in [-0.39, 0.29) is 30.3 Å². The first-order valence-electron chi connectivity index (χ1n) is 8.96. The number of hydrogen-bond acceptors (Lipinski definition) is 6. The van der Waals surface area contributed by atoms with Gasteiger partial charge in [0, 0.05) is 6.07 Å². The number of benzene rings is 3. The molecule has 0 amide bonds. The van der Waals surface area contributed by atoms with Crippen LogP contribution in [0.5, 0.6) is 11.5 Å². The average molecular weight is 428 g/mol. The maximum absolute atomic E-state index is 12.3. The first-order chi connectivity index (χ1) is 14.4. The Kier molecular flexibility index (Phi) is 6.71. The predicted octanol–water partition coefficient (Wildman–Crippen LogP) is 3.88. The third-order valence-electron chi connectivity index (χ3n) is 4.19. The number of hydrogen-bond donors (Lipinski definition) is 1. The number of rotatable bonds is 8. The molecule has 1 N–H and O–H groups in total. The summed E-state index contributed by atoms with van der Waals surface area (Å²) in [5.41, 5.74) is 1.48. The first-order valence-corrected chi connectivity index (χ1v) is 10.4. The lowest BCUT2D eigenvalue weighted by Gasteiger charge is -2.17. The Morgan fingerprint density at radius 1 is 0.867 bits per heavy atom. The van der Waals surface area contributed by atoms with Gasteiger partial charge in [-0.15, -0.1) is 0 Å². The molecule has 0 aliphatic rings. The monoisotopic (exact) mass is 428 g/mol. The van der Waals surface area contributed by atoms with E-state index in [4.69, 9.17) is 14.2 Å². The van der Waals surface area contributed by atoms with Crippen molar-refractivity contribution in [1.29, 1.82) is 0 Å². The number of ether oxygens (including phenoxy) is 3. The summed E-state index contributed by atoms with van der Waals surface area (Å²) in [6.45, 7) is 0.204. The van der Waals surface area contributed by atoms with Gasteiger partial charge in [0.2, 0.25) is 0 Å². The second-order valence-electron chi connectivity index (χ2n) is 6.31. The number of methoxy groups -OCH3 is 1. The van der Waals surface area contributed by atoms with E-state index in [0.717, 1.165) is 30.4 Å². The van der Waals surface area contributed by atoms with Crippen LogP contribution in [0.25, 0.3) is 0 Å². The van der Waals surface area contributed by atoms with Crippen molar-refractivity contribution in [3.05, 3.63) is 89.5 Å². The highest BCUT2D eigenvalue weighted by molar-refractivity contribution is 7.85. The molecule has 0 radical (unpaired) electrons. The normalized spacial score (nSPS) is 11.0. The molecular weight excluding hydrogens is 408 g/mol. The second-order valence-corrected chi connectivity index (χ2v) is 7.73. The van der Waals surface area contributed by atoms with Crippen LogP contribution in [0.15, 0.2) is 77.7 Å². The predicted molar refractivity (Wildman–Crippen MR) is 109 cm³/mol. The van der Waals surface area contributed by atoms with Crippen LogP contribution < -0.4 is 9.47 Å². The van der Waals surface area contributed by atoms with Gasteiger partial charge < -0.3 is 14.2 Å². The Hall–Kier alpha value is -3.36. The summed E-state index contributed by atoms with van der Waals surface area (Å²) < 4.78 is 49.3. The Balaban J connectivity index is 2.03. The minimum atomic E-state index is -4.60. The lowest BCUT2D eigenvalue weighted by atomic mass is 10.1. The minimum Gasteiger partial charge on any atom is -0.485 e. The Bertz CT molecular complexity index is 1110. The zero-order chi connectivity index (χ0) is 21.6. The van der Waals surface area contributed by atoms with Crippen LogP contribution in [0.1, 0.15) is 21.5 Å². The molecule has 0 atom stereocenters. The maximum Gasteiger partial charge on any atom is 0.341 e. The zero-order valence-corrected chi connectivity index (χ0v) is 17.0. The summed E-state index contributed by atoms with van der Waals surface area (Å²) in [5, 5.41) is 0. The molecule has 0 unspecified atom stereocenters. The molecule has 0 bridgehead atoms. The van der Waals surface area contributed by atoms with Gasteiger partial charge in [0.15, 0.2) is 11.5 Å². The Morgan fingerprint density at radius 3 is 1.90 bits per heavy atom. The van der Waals surface area contributed by atoms with Crippen molar-refractivity contribution in [3.63, 3.8) is 0 Å². The van der Waals surface area contributed by atoms with Crippen LogP contribution in [-0.4, -0.2) is 26.0 Å². The maximum atomic E-state index is 12.3. The van der Waals surface area contributed by atoms with Gasteiger partial charge in [-0.3, -0.25) is 4.55 Å². The van der Waals surface area contributed by atoms with Crippen molar-refractivity contribution in [2.75, 3.05) is 7.11 Å². The molecule has 0 aliphatic carbocycles. The summed E-state index contributed by atoms with van der Waals surface area (Å²) >= 11 is 0. The van der Waals surface area contributed by atoms with E-state index >= 15 is 0 Å². The first kappa shape index (κ1) is 21.4. The molecule has 30 heavy (non-hydrogen) atoms. The third kappa shape index (κ3) is 5.37. The molecule has 0 fully saturated rings. The summed E-state index contributed by atoms with van der Waals surface area (Å²) in [6.07, 6.45) is 0. The van der Waals surface area contributed by atoms with Crippen molar-refractivity contribution >= 4 is 16.1 Å². The molecule has 0 heterocycles. The molecule has 3 aromatic rings. The summed E-state index contributed by atoms with van der Waals surface area (Å²) in [4.78, 5) is 11.8. The standard InChI is InChI=1S/C22H20O7S/c1-27-22(23)19-12-18(30(24,25)26)13-20(28-14-16-8-4-2-5-9-16)21(19)29-15-17-10-6-3-7-11-17/h2-13H,14-15H2,1H3,(H,24,25,26). The minimum absolute atomic E-state index is 0.00897. The lowest BCUT2D eigenvalue weighted by molar-refractivity contribution is 0.0594. The van der Waals surface area contributed by atoms with E-state index in [0.29, 0.717) is 0 Å². The third-order valence-corrected chi connectivity index (χ3v) is 5.03. The summed E-state index contributed by atoms with van der Waals surface area (Å²) in [5.74, 6) is -0.813. The van der Waals surface area contributed by atoms with Crippen molar-refractivity contribution < 1.29 is 32.0 Å². The number of carbonyl (C=O) groups is 1. The number of carbonyl (C=O) groups excluding carboxylic acids is 1. The van der Waals surface area contributed by atoms with Crippen LogP contribution in [0.2, 0.25) is 0 Å². The largest absolute Gasteiger partial charge is 0.485 e. The number of esters is 1. The van der Waals surface area contributed by atoms with Gasteiger partial charge in [-0.25, -0.2) is 4.79 Å². The smallest absolute Gasteiger partial charge is 0.341 e. The highest BCUT2D eigenvalue weighted by atomic mass is 32.2. The average Bonchev–Trinajstić information content (AvgIpc) is 2.76. The van der Waals surface area contributed by atoms with Crippen LogP contribution in [-0.2, 0) is 28.1 Å². The molecule has 0 saturated heterocycles. The zero-order valence-electron chi connectivity index (χ0n) is 16.1. The van der Waals surface area contributed by atoms with Gasteiger partial charge >= 0.3 is 5.97 Å². The molecule has 8 heteroatoms. The Morgan fingerprint density at radius 2 is 1.40 bits per heavy atom. The van der Waals surface area contributed by atoms with Gasteiger partial charge in [-0.05, 0) is 17.2 Å². The molecule has 3 rings (SSSR count). The van der Waals surface area contributed by atoms with Crippen LogP contribution in [0.4, 0.5) is 0 Å².